The molecule has 1 aromatic carbocycles. The Morgan fingerprint density at radius 3 is 2.32 bits per heavy atom. The van der Waals surface area contributed by atoms with E-state index in [-0.39, 0.29) is 23.9 Å². The highest BCUT2D eigenvalue weighted by Crippen LogP contribution is 2.20. The summed E-state index contributed by atoms with van der Waals surface area (Å²) in [5.74, 6) is -0.253. The van der Waals surface area contributed by atoms with Crippen LogP contribution in [0.5, 0.6) is 5.75 Å². The smallest absolute Gasteiger partial charge is 0.202 e. The van der Waals surface area contributed by atoms with E-state index in [1.165, 1.54) is 12.2 Å². The predicted octanol–water partition coefficient (Wildman–Crippen LogP) is 1.21. The van der Waals surface area contributed by atoms with E-state index in [1.807, 2.05) is 6.92 Å². The molecule has 0 radical (unpaired) electrons. The second-order valence-corrected chi connectivity index (χ2v) is 5.07. The third kappa shape index (κ3) is 3.62. The number of phenolic OH excluding ortho intramolecular Hbond substituents is 1. The highest BCUT2D eigenvalue weighted by atomic mass is 16.3. The Balaban J connectivity index is 2.16. The van der Waals surface area contributed by atoms with Gasteiger partial charge in [-0.2, -0.15) is 0 Å². The van der Waals surface area contributed by atoms with Crippen molar-refractivity contribution in [3.8, 4) is 5.75 Å². The minimum absolute atomic E-state index is 0.0727. The number of aromatic hydroxyl groups is 1. The Morgan fingerprint density at radius 2 is 1.73 bits per heavy atom. The van der Waals surface area contributed by atoms with Gasteiger partial charge < -0.3 is 15.1 Å². The Morgan fingerprint density at radius 1 is 1.05 bits per heavy atom. The zero-order valence-electron chi connectivity index (χ0n) is 12.5. The van der Waals surface area contributed by atoms with Gasteiger partial charge in [0.25, 0.3) is 0 Å². The number of allylic oxidation sites excluding steroid dienone is 3. The Labute approximate surface area is 129 Å². The maximum Gasteiger partial charge on any atom is 0.202 e. The number of hydrogen-bond donors (Lipinski definition) is 2. The number of aliphatic hydroxyl groups excluding tert-OH is 1. The molecular weight excluding hydrogens is 282 g/mol. The molecule has 0 saturated carbocycles. The number of carbonyl (C=O) groups is 2. The summed E-state index contributed by atoms with van der Waals surface area (Å²) < 4.78 is 0. The SMILES string of the molecule is CCN(CCO)C1=CC(=O)C(Cc2ccc(O)cc2)=CC1=O. The van der Waals surface area contributed by atoms with Crippen LogP contribution in [0.15, 0.2) is 47.7 Å². The molecule has 0 aliphatic heterocycles. The first kappa shape index (κ1) is 16.0. The van der Waals surface area contributed by atoms with E-state index in [0.717, 1.165) is 5.56 Å². The fourth-order valence-corrected chi connectivity index (χ4v) is 2.38. The van der Waals surface area contributed by atoms with Gasteiger partial charge in [0, 0.05) is 31.2 Å². The lowest BCUT2D eigenvalue weighted by Gasteiger charge is -2.25. The summed E-state index contributed by atoms with van der Waals surface area (Å²) in [6.45, 7) is 2.66. The molecule has 2 N–H and O–H groups in total. The largest absolute Gasteiger partial charge is 0.508 e. The normalized spacial score (nSPS) is 14.6. The number of aliphatic hydroxyl groups is 1. The fourth-order valence-electron chi connectivity index (χ4n) is 2.38. The Kier molecular flexibility index (Phi) is 5.12. The number of likely N-dealkylation sites (N-methyl/N-ethyl adjacent to an activating group) is 1. The van der Waals surface area contributed by atoms with Crippen LogP contribution >= 0.6 is 0 Å². The van der Waals surface area contributed by atoms with E-state index in [4.69, 9.17) is 5.11 Å². The summed E-state index contributed by atoms with van der Waals surface area (Å²) in [7, 11) is 0. The van der Waals surface area contributed by atoms with Gasteiger partial charge in [0.05, 0.1) is 12.3 Å². The molecule has 5 heteroatoms. The molecule has 0 fully saturated rings. The van der Waals surface area contributed by atoms with Gasteiger partial charge in [0.1, 0.15) is 5.75 Å². The van der Waals surface area contributed by atoms with Crippen LogP contribution in [-0.2, 0) is 16.0 Å². The molecular formula is C17H19NO4. The summed E-state index contributed by atoms with van der Waals surface area (Å²) in [4.78, 5) is 26.1. The molecule has 0 amide bonds. The molecule has 1 aliphatic rings. The molecule has 1 aliphatic carbocycles. The molecule has 0 aromatic heterocycles. The maximum atomic E-state index is 12.2. The van der Waals surface area contributed by atoms with Crippen LogP contribution in [0.1, 0.15) is 12.5 Å². The summed E-state index contributed by atoms with van der Waals surface area (Å²) in [6, 6.07) is 6.53. The Hall–Kier alpha value is -2.40. The highest BCUT2D eigenvalue weighted by Gasteiger charge is 2.23. The van der Waals surface area contributed by atoms with E-state index in [0.29, 0.717) is 30.8 Å². The quantitative estimate of drug-likeness (QED) is 0.772. The van der Waals surface area contributed by atoms with Crippen LogP contribution in [0.3, 0.4) is 0 Å². The molecule has 116 valence electrons. The molecule has 0 heterocycles. The standard InChI is InChI=1S/C17H19NO4/c1-2-18(7-8-19)15-11-16(21)13(10-17(15)22)9-12-3-5-14(20)6-4-12/h3-6,10-11,19-20H,2,7-9H2,1H3. The van der Waals surface area contributed by atoms with E-state index < -0.39 is 0 Å². The highest BCUT2D eigenvalue weighted by molar-refractivity contribution is 6.19. The zero-order chi connectivity index (χ0) is 16.1. The number of carbonyl (C=O) groups excluding carboxylic acids is 2. The Bertz CT molecular complexity index is 629. The van der Waals surface area contributed by atoms with E-state index in [9.17, 15) is 14.7 Å². The van der Waals surface area contributed by atoms with Crippen molar-refractivity contribution in [1.29, 1.82) is 0 Å². The maximum absolute atomic E-state index is 12.2. The molecule has 0 atom stereocenters. The van der Waals surface area contributed by atoms with Crippen LogP contribution < -0.4 is 0 Å². The number of benzene rings is 1. The second-order valence-electron chi connectivity index (χ2n) is 5.07. The van der Waals surface area contributed by atoms with Gasteiger partial charge in [-0.25, -0.2) is 0 Å². The molecule has 2 rings (SSSR count). The first-order valence-electron chi connectivity index (χ1n) is 7.19. The third-order valence-electron chi connectivity index (χ3n) is 3.57. The number of hydrogen-bond acceptors (Lipinski definition) is 5. The lowest BCUT2D eigenvalue weighted by Crippen LogP contribution is -2.32. The molecule has 0 unspecified atom stereocenters. The van der Waals surface area contributed by atoms with Crippen molar-refractivity contribution in [2.45, 2.75) is 13.3 Å². The molecule has 0 bridgehead atoms. The van der Waals surface area contributed by atoms with E-state index in [1.54, 1.807) is 29.2 Å². The minimum Gasteiger partial charge on any atom is -0.508 e. The number of phenols is 1. The van der Waals surface area contributed by atoms with Crippen LogP contribution in [0.2, 0.25) is 0 Å². The molecule has 5 nitrogen and oxygen atoms in total. The molecule has 0 saturated heterocycles. The van der Waals surface area contributed by atoms with Crippen molar-refractivity contribution in [1.82, 2.24) is 4.90 Å². The summed E-state index contributed by atoms with van der Waals surface area (Å²) in [6.07, 6.45) is 3.06. The van der Waals surface area contributed by atoms with E-state index >= 15 is 0 Å². The monoisotopic (exact) mass is 301 g/mol. The van der Waals surface area contributed by atoms with Crippen LogP contribution in [0, 0.1) is 0 Å². The summed E-state index contributed by atoms with van der Waals surface area (Å²) >= 11 is 0. The minimum atomic E-state index is -0.219. The lowest BCUT2D eigenvalue weighted by atomic mass is 9.94. The van der Waals surface area contributed by atoms with Gasteiger partial charge in [-0.05, 0) is 30.7 Å². The predicted molar refractivity (Wildman–Crippen MR) is 82.3 cm³/mol. The van der Waals surface area contributed by atoms with Gasteiger partial charge >= 0.3 is 0 Å². The van der Waals surface area contributed by atoms with Gasteiger partial charge in [-0.1, -0.05) is 12.1 Å². The van der Waals surface area contributed by atoms with Crippen LogP contribution in [0.4, 0.5) is 0 Å². The van der Waals surface area contributed by atoms with Gasteiger partial charge in [-0.3, -0.25) is 9.59 Å². The first-order valence-corrected chi connectivity index (χ1v) is 7.19. The number of nitrogens with zero attached hydrogens (tertiary/aromatic N) is 1. The van der Waals surface area contributed by atoms with Crippen molar-refractivity contribution in [3.05, 3.63) is 53.3 Å². The number of ketones is 2. The third-order valence-corrected chi connectivity index (χ3v) is 3.57. The lowest BCUT2D eigenvalue weighted by molar-refractivity contribution is -0.116. The first-order chi connectivity index (χ1) is 10.5. The van der Waals surface area contributed by atoms with Gasteiger partial charge in [0.15, 0.2) is 5.78 Å². The molecule has 1 aromatic rings. The van der Waals surface area contributed by atoms with Gasteiger partial charge in [0.2, 0.25) is 5.78 Å². The average molecular weight is 301 g/mol. The van der Waals surface area contributed by atoms with Crippen LogP contribution in [-0.4, -0.2) is 46.4 Å². The second kappa shape index (κ2) is 7.04. The molecule has 0 spiro atoms. The van der Waals surface area contributed by atoms with Crippen molar-refractivity contribution >= 4 is 11.6 Å². The van der Waals surface area contributed by atoms with Crippen molar-refractivity contribution in [2.24, 2.45) is 0 Å². The van der Waals surface area contributed by atoms with Crippen molar-refractivity contribution in [2.75, 3.05) is 19.7 Å². The summed E-state index contributed by atoms with van der Waals surface area (Å²) in [5.41, 5.74) is 1.61. The average Bonchev–Trinajstić information content (AvgIpc) is 2.50. The topological polar surface area (TPSA) is 77.8 Å². The van der Waals surface area contributed by atoms with Gasteiger partial charge in [-0.15, -0.1) is 0 Å². The van der Waals surface area contributed by atoms with E-state index in [2.05, 4.69) is 0 Å². The zero-order valence-corrected chi connectivity index (χ0v) is 12.5. The fraction of sp³-hybridized carbons (Fsp3) is 0.294. The van der Waals surface area contributed by atoms with Crippen LogP contribution in [0.25, 0.3) is 0 Å². The van der Waals surface area contributed by atoms with Crippen molar-refractivity contribution < 1.29 is 19.8 Å². The summed E-state index contributed by atoms with van der Waals surface area (Å²) in [5, 5.41) is 18.3. The van der Waals surface area contributed by atoms with Crippen molar-refractivity contribution in [3.63, 3.8) is 0 Å². The number of rotatable bonds is 6. The molecule has 22 heavy (non-hydrogen) atoms.